The molecule has 4 heteroatoms. The first-order valence-electron chi connectivity index (χ1n) is 9.97. The largest absolute Gasteiger partial charge is 0.493 e. The Balaban J connectivity index is 1.68. The van der Waals surface area contributed by atoms with E-state index in [0.29, 0.717) is 12.2 Å². The summed E-state index contributed by atoms with van der Waals surface area (Å²) in [7, 11) is 4.14. The van der Waals surface area contributed by atoms with Crippen molar-refractivity contribution in [2.45, 2.75) is 13.3 Å². The van der Waals surface area contributed by atoms with Crippen molar-refractivity contribution in [3.05, 3.63) is 71.3 Å². The predicted molar refractivity (Wildman–Crippen MR) is 119 cm³/mol. The molecule has 0 unspecified atom stereocenters. The van der Waals surface area contributed by atoms with Crippen LogP contribution < -0.4 is 10.1 Å². The van der Waals surface area contributed by atoms with E-state index in [-0.39, 0.29) is 5.91 Å². The molecule has 0 spiro atoms. The van der Waals surface area contributed by atoms with Crippen molar-refractivity contribution in [3.63, 3.8) is 0 Å². The van der Waals surface area contributed by atoms with Crippen molar-refractivity contribution in [1.29, 1.82) is 0 Å². The Morgan fingerprint density at radius 1 is 1.03 bits per heavy atom. The second-order valence-corrected chi connectivity index (χ2v) is 7.72. The number of hydrogen-bond acceptors (Lipinski definition) is 3. The third-order valence-corrected chi connectivity index (χ3v) is 5.23. The zero-order chi connectivity index (χ0) is 20.4. The molecule has 3 aliphatic rings. The molecule has 1 aromatic rings. The first-order chi connectivity index (χ1) is 14.0. The van der Waals surface area contributed by atoms with E-state index in [1.807, 2.05) is 48.5 Å². The lowest BCUT2D eigenvalue weighted by Crippen LogP contribution is -2.15. The van der Waals surface area contributed by atoms with Gasteiger partial charge in [-0.3, -0.25) is 4.79 Å². The molecule has 2 aliphatic carbocycles. The maximum absolute atomic E-state index is 12.5. The Labute approximate surface area is 172 Å². The molecule has 0 fully saturated rings. The van der Waals surface area contributed by atoms with Crippen LogP contribution in [0.4, 0.5) is 5.69 Å². The molecule has 1 amide bonds. The van der Waals surface area contributed by atoms with Crippen LogP contribution in [0.15, 0.2) is 54.6 Å². The van der Waals surface area contributed by atoms with Crippen LogP contribution in [0.3, 0.4) is 0 Å². The van der Waals surface area contributed by atoms with Crippen LogP contribution in [0.2, 0.25) is 0 Å². The van der Waals surface area contributed by atoms with Crippen LogP contribution in [-0.4, -0.2) is 38.1 Å². The van der Waals surface area contributed by atoms with Crippen molar-refractivity contribution in [1.82, 2.24) is 4.90 Å². The highest BCUT2D eigenvalue weighted by molar-refractivity contribution is 6.35. The van der Waals surface area contributed by atoms with Gasteiger partial charge in [-0.25, -0.2) is 0 Å². The lowest BCUT2D eigenvalue weighted by Gasteiger charge is -2.12. The molecule has 0 saturated carbocycles. The summed E-state index contributed by atoms with van der Waals surface area (Å²) in [4.78, 5) is 14.7. The third kappa shape index (κ3) is 3.89. The van der Waals surface area contributed by atoms with Gasteiger partial charge in [0.2, 0.25) is 0 Å². The fourth-order valence-electron chi connectivity index (χ4n) is 3.86. The molecular weight excluding hydrogens is 360 g/mol. The molecule has 4 rings (SSSR count). The summed E-state index contributed by atoms with van der Waals surface area (Å²) in [6.45, 7) is 3.77. The van der Waals surface area contributed by atoms with E-state index in [9.17, 15) is 4.79 Å². The molecule has 1 aromatic carbocycles. The SMILES string of the molecule is Cc1cc(/C=C2\C(=O)Nc3ccccc32)c2ccccc(OCCCN(C)C)c1-2. The second kappa shape index (κ2) is 8.10. The Morgan fingerprint density at radius 3 is 2.55 bits per heavy atom. The Kier molecular flexibility index (Phi) is 5.36. The van der Waals surface area contributed by atoms with Gasteiger partial charge in [0.25, 0.3) is 5.91 Å². The maximum atomic E-state index is 12.5. The molecule has 0 aromatic heterocycles. The number of nitrogens with zero attached hydrogens (tertiary/aromatic N) is 1. The van der Waals surface area contributed by atoms with Crippen molar-refractivity contribution in [3.8, 4) is 16.9 Å². The van der Waals surface area contributed by atoms with E-state index in [0.717, 1.165) is 52.2 Å². The van der Waals surface area contributed by atoms with Crippen molar-refractivity contribution < 1.29 is 9.53 Å². The Hall–Kier alpha value is -3.11. The highest BCUT2D eigenvalue weighted by Gasteiger charge is 2.25. The minimum Gasteiger partial charge on any atom is -0.493 e. The Bertz CT molecular complexity index is 1050. The minimum atomic E-state index is -0.0568. The smallest absolute Gasteiger partial charge is 0.256 e. The summed E-state index contributed by atoms with van der Waals surface area (Å²) in [5.41, 5.74) is 6.91. The molecule has 0 radical (unpaired) electrons. The molecule has 1 aliphatic heterocycles. The summed E-state index contributed by atoms with van der Waals surface area (Å²) in [5, 5.41) is 2.95. The number of carbonyl (C=O) groups is 1. The van der Waals surface area contributed by atoms with Gasteiger partial charge in [-0.2, -0.15) is 0 Å². The number of carbonyl (C=O) groups excluding carboxylic acids is 1. The zero-order valence-electron chi connectivity index (χ0n) is 17.2. The van der Waals surface area contributed by atoms with E-state index >= 15 is 0 Å². The highest BCUT2D eigenvalue weighted by atomic mass is 16.5. The summed E-state index contributed by atoms with van der Waals surface area (Å²) >= 11 is 0. The number of nitrogens with one attached hydrogen (secondary N) is 1. The number of aryl methyl sites for hydroxylation is 1. The summed E-state index contributed by atoms with van der Waals surface area (Å²) < 4.78 is 6.14. The Morgan fingerprint density at radius 2 is 1.76 bits per heavy atom. The van der Waals surface area contributed by atoms with E-state index < -0.39 is 0 Å². The van der Waals surface area contributed by atoms with Crippen LogP contribution in [0.5, 0.6) is 5.75 Å². The van der Waals surface area contributed by atoms with Gasteiger partial charge in [0.1, 0.15) is 5.75 Å². The molecule has 0 bridgehead atoms. The summed E-state index contributed by atoms with van der Waals surface area (Å²) in [5.74, 6) is 0.834. The number of fused-ring (bicyclic) bond motifs is 2. The lowest BCUT2D eigenvalue weighted by atomic mass is 10.0. The topological polar surface area (TPSA) is 41.6 Å². The van der Waals surface area contributed by atoms with Crippen LogP contribution in [0.25, 0.3) is 22.8 Å². The van der Waals surface area contributed by atoms with E-state index in [1.165, 1.54) is 0 Å². The van der Waals surface area contributed by atoms with Gasteiger partial charge in [0, 0.05) is 28.9 Å². The lowest BCUT2D eigenvalue weighted by molar-refractivity contribution is -0.110. The molecule has 1 heterocycles. The van der Waals surface area contributed by atoms with Gasteiger partial charge in [-0.1, -0.05) is 42.5 Å². The first-order valence-corrected chi connectivity index (χ1v) is 9.97. The molecule has 0 atom stereocenters. The van der Waals surface area contributed by atoms with E-state index in [1.54, 1.807) is 0 Å². The molecule has 4 nitrogen and oxygen atoms in total. The quantitative estimate of drug-likeness (QED) is 0.483. The van der Waals surface area contributed by atoms with E-state index in [2.05, 4.69) is 43.4 Å². The highest BCUT2D eigenvalue weighted by Crippen LogP contribution is 2.41. The maximum Gasteiger partial charge on any atom is 0.256 e. The fraction of sp³-hybridized carbons (Fsp3) is 0.240. The zero-order valence-corrected chi connectivity index (χ0v) is 17.2. The van der Waals surface area contributed by atoms with Gasteiger partial charge < -0.3 is 15.0 Å². The van der Waals surface area contributed by atoms with Gasteiger partial charge in [0.15, 0.2) is 0 Å². The van der Waals surface area contributed by atoms with Crippen molar-refractivity contribution in [2.24, 2.45) is 0 Å². The van der Waals surface area contributed by atoms with Crippen molar-refractivity contribution in [2.75, 3.05) is 32.6 Å². The first kappa shape index (κ1) is 19.2. The number of ether oxygens (including phenoxy) is 1. The van der Waals surface area contributed by atoms with Crippen LogP contribution >= 0.6 is 0 Å². The van der Waals surface area contributed by atoms with Gasteiger partial charge in [-0.05, 0) is 62.3 Å². The van der Waals surface area contributed by atoms with Crippen LogP contribution in [0.1, 0.15) is 23.1 Å². The summed E-state index contributed by atoms with van der Waals surface area (Å²) in [6.07, 6.45) is 2.97. The standard InChI is InChI=1S/C25H26N2O2/c1-17-15-18(16-21-20-10-4-6-11-22(20)26-25(21)28)19-9-5-7-12-23(24(17)19)29-14-8-13-27(2)3/h4-7,9-12,15-16H,8,13-14H2,1-3H3,(H,26,28)/b21-16-. The fourth-order valence-corrected chi connectivity index (χ4v) is 3.86. The molecule has 29 heavy (non-hydrogen) atoms. The number of hydrogen-bond donors (Lipinski definition) is 1. The van der Waals surface area contributed by atoms with Gasteiger partial charge in [0.05, 0.1) is 6.61 Å². The average molecular weight is 386 g/mol. The predicted octanol–water partition coefficient (Wildman–Crippen LogP) is 4.92. The molecule has 1 N–H and O–H groups in total. The van der Waals surface area contributed by atoms with Crippen molar-refractivity contribution >= 4 is 23.2 Å². The average Bonchev–Trinajstić information content (AvgIpc) is 3.06. The van der Waals surface area contributed by atoms with Crippen LogP contribution in [-0.2, 0) is 4.79 Å². The molecular formula is C25H26N2O2. The number of amides is 1. The number of rotatable bonds is 6. The van der Waals surface area contributed by atoms with Crippen LogP contribution in [0, 0.1) is 6.92 Å². The van der Waals surface area contributed by atoms with Gasteiger partial charge in [-0.15, -0.1) is 0 Å². The van der Waals surface area contributed by atoms with Gasteiger partial charge >= 0.3 is 0 Å². The third-order valence-electron chi connectivity index (χ3n) is 5.23. The molecule has 148 valence electrons. The monoisotopic (exact) mass is 386 g/mol. The number of anilines is 1. The normalized spacial score (nSPS) is 14.5. The summed E-state index contributed by atoms with van der Waals surface area (Å²) in [6, 6.07) is 18.1. The minimum absolute atomic E-state index is 0.0568. The number of para-hydroxylation sites is 1. The molecule has 0 saturated heterocycles. The second-order valence-electron chi connectivity index (χ2n) is 7.72. The number of benzene rings is 1. The van der Waals surface area contributed by atoms with E-state index in [4.69, 9.17) is 4.74 Å².